The normalized spacial score (nSPS) is 8.00. The van der Waals surface area contributed by atoms with E-state index in [9.17, 15) is 9.81 Å². The number of halogens is 1. The van der Waals surface area contributed by atoms with Crippen LogP contribution in [-0.4, -0.2) is 4.55 Å². The van der Waals surface area contributed by atoms with E-state index >= 15 is 0 Å². The molecule has 0 aromatic heterocycles. The van der Waals surface area contributed by atoms with E-state index < -0.39 is 21.5 Å². The number of hydrogen-bond acceptors (Lipinski definition) is 2. The van der Waals surface area contributed by atoms with E-state index in [0.717, 1.165) is 0 Å². The molecule has 0 saturated heterocycles. The van der Waals surface area contributed by atoms with Crippen molar-refractivity contribution in [1.29, 1.82) is 0 Å². The average Bonchev–Trinajstić information content (AvgIpc) is 1.61. The Morgan fingerprint density at radius 3 is 2.33 bits per heavy atom. The van der Waals surface area contributed by atoms with Crippen LogP contribution in [0.25, 0.3) is 0 Å². The Hall–Kier alpha value is -0.0700. The third-order valence-corrected chi connectivity index (χ3v) is 1.18. The molecule has 0 aliphatic rings. The zero-order valence-corrected chi connectivity index (χ0v) is 5.06. The van der Waals surface area contributed by atoms with E-state index in [1.165, 1.54) is 0 Å². The molecule has 4 nitrogen and oxygen atoms in total. The molecule has 0 bridgehead atoms. The fourth-order valence-corrected chi connectivity index (χ4v) is 0.366. The summed E-state index contributed by atoms with van der Waals surface area (Å²) in [5.74, 6) is 0. The number of hydrogen-bond donors (Lipinski definition) is 2. The zero-order chi connectivity index (χ0) is 4.83. The van der Waals surface area contributed by atoms with Crippen molar-refractivity contribution < 1.29 is 30.0 Å². The van der Waals surface area contributed by atoms with Crippen LogP contribution in [0.1, 0.15) is 0 Å². The second-order valence-electron chi connectivity index (χ2n) is 0.489. The van der Waals surface area contributed by atoms with Crippen LogP contribution < -0.4 is 30.0 Å². The van der Waals surface area contributed by atoms with Crippen LogP contribution in [0.4, 0.5) is 0 Å². The Bertz CT molecular complexity index is 47.5. The first-order chi connectivity index (χ1) is 2.91. The average molecular weight is 203 g/mol. The van der Waals surface area contributed by atoms with E-state index in [4.69, 9.17) is 0 Å². The van der Waals surface area contributed by atoms with Crippen LogP contribution in [0, 0.1) is 9.81 Å². The van der Waals surface area contributed by atoms with Crippen LogP contribution >= 0.6 is 0 Å². The summed E-state index contributed by atoms with van der Waals surface area (Å²) < 4.78 is 1.96. The summed E-state index contributed by atoms with van der Waals surface area (Å²) in [7, 11) is 0. The van der Waals surface area contributed by atoms with E-state index in [1.807, 2.05) is 0 Å². The molecule has 0 unspecified atom stereocenters. The Morgan fingerprint density at radius 2 is 2.17 bits per heavy atom. The Kier molecular flexibility index (Phi) is 4.87. The topological polar surface area (TPSA) is 62.1 Å². The van der Waals surface area contributed by atoms with E-state index in [0.29, 0.717) is 4.55 Å². The van der Waals surface area contributed by atoms with Crippen molar-refractivity contribution in [2.45, 2.75) is 0 Å². The van der Waals surface area contributed by atoms with Crippen molar-refractivity contribution in [3.63, 3.8) is 0 Å². The molecule has 0 aromatic rings. The molecule has 0 heterocycles. The number of alkyl halides is 1. The van der Waals surface area contributed by atoms with E-state index in [1.54, 1.807) is 8.57 Å². The van der Waals surface area contributed by atoms with Gasteiger partial charge in [0, 0.05) is 0 Å². The van der Waals surface area contributed by atoms with Gasteiger partial charge >= 0.3 is 44.4 Å². The second kappa shape index (κ2) is 4.93. The third-order valence-electron chi connectivity index (χ3n) is 0.176. The van der Waals surface area contributed by atoms with Crippen LogP contribution in [0.15, 0.2) is 0 Å². The first-order valence-corrected chi connectivity index (χ1v) is 3.82. The van der Waals surface area contributed by atoms with Gasteiger partial charge in [0.1, 0.15) is 0 Å². The van der Waals surface area contributed by atoms with Gasteiger partial charge in [0.05, 0.1) is 0 Å². The van der Waals surface area contributed by atoms with Crippen molar-refractivity contribution in [2.24, 2.45) is 0 Å². The second-order valence-corrected chi connectivity index (χ2v) is 2.45. The van der Waals surface area contributed by atoms with Gasteiger partial charge in [-0.2, -0.15) is 0 Å². The third kappa shape index (κ3) is 3.93. The molecular formula is CH4IN2O2+. The van der Waals surface area contributed by atoms with Crippen LogP contribution in [-0.2, 0) is 0 Å². The van der Waals surface area contributed by atoms with Gasteiger partial charge in [0.25, 0.3) is 0 Å². The SMILES string of the molecule is O=[NH+]C[I-][NH+]=O. The summed E-state index contributed by atoms with van der Waals surface area (Å²) in [6.07, 6.45) is 0. The summed E-state index contributed by atoms with van der Waals surface area (Å²) in [4.78, 5) is 18.6. The van der Waals surface area contributed by atoms with Crippen molar-refractivity contribution >= 4 is 0 Å². The molecule has 0 fully saturated rings. The summed E-state index contributed by atoms with van der Waals surface area (Å²) in [6, 6.07) is 0. The summed E-state index contributed by atoms with van der Waals surface area (Å²) in [5, 5.41) is 1.60. The van der Waals surface area contributed by atoms with Gasteiger partial charge in [-0.3, -0.25) is 0 Å². The molecule has 0 saturated carbocycles. The minimum absolute atomic E-state index is 0.294. The molecule has 2 N–H and O–H groups in total. The number of nitroso groups, excluding NO2 is 2. The van der Waals surface area contributed by atoms with Gasteiger partial charge in [-0.25, -0.2) is 0 Å². The first kappa shape index (κ1) is 5.93. The van der Waals surface area contributed by atoms with Crippen LogP contribution in [0.2, 0.25) is 0 Å². The zero-order valence-electron chi connectivity index (χ0n) is 2.90. The summed E-state index contributed by atoms with van der Waals surface area (Å²) >= 11 is -0.601. The standard InChI is InChI=1S/CH3IN2O2/c5-3-1-2-4-6/h4H,1H2/p+1. The summed E-state index contributed by atoms with van der Waals surface area (Å²) in [5.41, 5.74) is 0. The predicted octanol–water partition coefficient (Wildman–Crippen LogP) is -6.36. The van der Waals surface area contributed by atoms with Gasteiger partial charge in [0.15, 0.2) is 0 Å². The molecule has 6 heavy (non-hydrogen) atoms. The molecule has 0 spiro atoms. The van der Waals surface area contributed by atoms with Gasteiger partial charge in [-0.1, -0.05) is 0 Å². The molecule has 0 amide bonds. The molecule has 0 aliphatic heterocycles. The van der Waals surface area contributed by atoms with Gasteiger partial charge in [-0.15, -0.1) is 0 Å². The Morgan fingerprint density at radius 1 is 1.50 bits per heavy atom. The quantitative estimate of drug-likeness (QED) is 0.157. The Labute approximate surface area is 44.9 Å². The maximum atomic E-state index is 9.31. The molecular weight excluding hydrogens is 199 g/mol. The van der Waals surface area contributed by atoms with Crippen LogP contribution in [0.5, 0.6) is 0 Å². The van der Waals surface area contributed by atoms with Crippen LogP contribution in [0.3, 0.4) is 0 Å². The fraction of sp³-hybridized carbons (Fsp3) is 1.00. The molecule has 0 rings (SSSR count). The molecule has 0 aromatic carbocycles. The number of nitrogens with one attached hydrogen (secondary N) is 2. The van der Waals surface area contributed by atoms with E-state index in [-0.39, 0.29) is 0 Å². The van der Waals surface area contributed by atoms with Crippen molar-refractivity contribution in [1.82, 2.24) is 0 Å². The van der Waals surface area contributed by atoms with E-state index in [2.05, 4.69) is 0 Å². The van der Waals surface area contributed by atoms with Crippen molar-refractivity contribution in [3.8, 4) is 0 Å². The van der Waals surface area contributed by atoms with Crippen molar-refractivity contribution in [3.05, 3.63) is 9.81 Å². The molecule has 0 aliphatic carbocycles. The molecule has 0 atom stereocenters. The summed E-state index contributed by atoms with van der Waals surface area (Å²) in [6.45, 7) is 0. The van der Waals surface area contributed by atoms with Gasteiger partial charge in [0.2, 0.25) is 0 Å². The number of rotatable bonds is 3. The predicted molar refractivity (Wildman–Crippen MR) is 13.5 cm³/mol. The first-order valence-electron chi connectivity index (χ1n) is 1.22. The van der Waals surface area contributed by atoms with Gasteiger partial charge in [-0.05, 0) is 0 Å². The van der Waals surface area contributed by atoms with Gasteiger partial charge < -0.3 is 0 Å². The molecule has 36 valence electrons. The maximum absolute atomic E-state index is 9.31. The molecule has 0 radical (unpaired) electrons. The van der Waals surface area contributed by atoms with Crippen molar-refractivity contribution in [2.75, 3.05) is 4.55 Å². The Balaban J connectivity index is 2.66. The fourth-order valence-electron chi connectivity index (χ4n) is 0.0546. The minimum atomic E-state index is -0.601. The monoisotopic (exact) mass is 203 g/mol. The molecule has 5 heteroatoms.